The summed E-state index contributed by atoms with van der Waals surface area (Å²) in [5, 5.41) is 0. The SMILES string of the molecule is CCSc1ccc(C(N)c2cccc(OC)c2F)cc1. The number of halogens is 1. The fraction of sp³-hybridized carbons (Fsp3) is 0.250. The van der Waals surface area contributed by atoms with Crippen molar-refractivity contribution in [3.05, 3.63) is 59.4 Å². The van der Waals surface area contributed by atoms with E-state index in [0.717, 1.165) is 11.3 Å². The van der Waals surface area contributed by atoms with Gasteiger partial charge >= 0.3 is 0 Å². The first-order valence-electron chi connectivity index (χ1n) is 6.48. The quantitative estimate of drug-likeness (QED) is 0.846. The van der Waals surface area contributed by atoms with Crippen LogP contribution in [0, 0.1) is 5.82 Å². The van der Waals surface area contributed by atoms with E-state index >= 15 is 0 Å². The van der Waals surface area contributed by atoms with Crippen LogP contribution >= 0.6 is 11.8 Å². The summed E-state index contributed by atoms with van der Waals surface area (Å²) in [6.45, 7) is 2.11. The second-order valence-corrected chi connectivity index (χ2v) is 5.68. The number of hydrogen-bond acceptors (Lipinski definition) is 3. The van der Waals surface area contributed by atoms with Crippen molar-refractivity contribution >= 4 is 11.8 Å². The topological polar surface area (TPSA) is 35.2 Å². The highest BCUT2D eigenvalue weighted by Gasteiger charge is 2.16. The van der Waals surface area contributed by atoms with Gasteiger partial charge in [0.05, 0.1) is 13.2 Å². The lowest BCUT2D eigenvalue weighted by Gasteiger charge is -2.15. The summed E-state index contributed by atoms with van der Waals surface area (Å²) >= 11 is 1.77. The molecule has 0 aliphatic carbocycles. The standard InChI is InChI=1S/C16H18FNOS/c1-3-20-12-9-7-11(8-10-12)16(18)13-5-4-6-14(19-2)15(13)17/h4-10,16H,3,18H2,1-2H3. The van der Waals surface area contributed by atoms with Crippen LogP contribution in [0.4, 0.5) is 4.39 Å². The van der Waals surface area contributed by atoms with Gasteiger partial charge in [-0.15, -0.1) is 11.8 Å². The average molecular weight is 291 g/mol. The maximum Gasteiger partial charge on any atom is 0.170 e. The molecule has 0 spiro atoms. The number of thioether (sulfide) groups is 1. The first-order valence-corrected chi connectivity index (χ1v) is 7.46. The van der Waals surface area contributed by atoms with Gasteiger partial charge in [0, 0.05) is 10.5 Å². The Hall–Kier alpha value is -1.52. The Bertz CT molecular complexity index is 571. The van der Waals surface area contributed by atoms with Crippen LogP contribution in [0.1, 0.15) is 24.1 Å². The monoisotopic (exact) mass is 291 g/mol. The molecule has 2 aromatic rings. The van der Waals surface area contributed by atoms with Crippen molar-refractivity contribution in [2.45, 2.75) is 17.9 Å². The van der Waals surface area contributed by atoms with Gasteiger partial charge in [0.15, 0.2) is 11.6 Å². The molecule has 2 nitrogen and oxygen atoms in total. The number of rotatable bonds is 5. The summed E-state index contributed by atoms with van der Waals surface area (Å²) < 4.78 is 19.2. The number of ether oxygens (including phenoxy) is 1. The number of methoxy groups -OCH3 is 1. The van der Waals surface area contributed by atoms with E-state index in [1.54, 1.807) is 30.0 Å². The lowest BCUT2D eigenvalue weighted by atomic mass is 9.99. The van der Waals surface area contributed by atoms with E-state index in [1.165, 1.54) is 12.0 Å². The predicted octanol–water partition coefficient (Wildman–Crippen LogP) is 3.99. The van der Waals surface area contributed by atoms with Crippen molar-refractivity contribution in [2.75, 3.05) is 12.9 Å². The molecular formula is C16H18FNOS. The molecule has 0 aliphatic rings. The normalized spacial score (nSPS) is 12.2. The zero-order valence-corrected chi connectivity index (χ0v) is 12.4. The van der Waals surface area contributed by atoms with Crippen molar-refractivity contribution in [3.63, 3.8) is 0 Å². The van der Waals surface area contributed by atoms with E-state index in [1.807, 2.05) is 24.3 Å². The molecule has 0 aromatic heterocycles. The van der Waals surface area contributed by atoms with E-state index in [4.69, 9.17) is 10.5 Å². The Kier molecular flexibility index (Phi) is 5.04. The molecule has 2 aromatic carbocycles. The van der Waals surface area contributed by atoms with Crippen molar-refractivity contribution in [1.29, 1.82) is 0 Å². The van der Waals surface area contributed by atoms with E-state index < -0.39 is 11.9 Å². The van der Waals surface area contributed by atoms with Gasteiger partial charge in [-0.1, -0.05) is 31.2 Å². The van der Waals surface area contributed by atoms with Gasteiger partial charge in [-0.05, 0) is 29.5 Å². The molecule has 0 fully saturated rings. The van der Waals surface area contributed by atoms with Crippen LogP contribution in [0.25, 0.3) is 0 Å². The highest BCUT2D eigenvalue weighted by atomic mass is 32.2. The Labute approximate surface area is 123 Å². The first kappa shape index (κ1) is 14.9. The molecule has 0 aliphatic heterocycles. The number of benzene rings is 2. The minimum Gasteiger partial charge on any atom is -0.494 e. The lowest BCUT2D eigenvalue weighted by Crippen LogP contribution is -2.14. The molecule has 1 atom stereocenters. The molecule has 0 saturated heterocycles. The largest absolute Gasteiger partial charge is 0.494 e. The van der Waals surface area contributed by atoms with Crippen LogP contribution in [0.3, 0.4) is 0 Å². The summed E-state index contributed by atoms with van der Waals surface area (Å²) in [5.74, 6) is 0.848. The van der Waals surface area contributed by atoms with Gasteiger partial charge < -0.3 is 10.5 Å². The highest BCUT2D eigenvalue weighted by Crippen LogP contribution is 2.28. The lowest BCUT2D eigenvalue weighted by molar-refractivity contribution is 0.383. The zero-order valence-electron chi connectivity index (χ0n) is 11.6. The van der Waals surface area contributed by atoms with Gasteiger partial charge in [-0.2, -0.15) is 0 Å². The Morgan fingerprint density at radius 1 is 1.20 bits per heavy atom. The minimum absolute atomic E-state index is 0.219. The third kappa shape index (κ3) is 3.14. The Balaban J connectivity index is 2.29. The van der Waals surface area contributed by atoms with Crippen LogP contribution in [0.5, 0.6) is 5.75 Å². The van der Waals surface area contributed by atoms with E-state index in [0.29, 0.717) is 5.56 Å². The van der Waals surface area contributed by atoms with Crippen molar-refractivity contribution in [1.82, 2.24) is 0 Å². The van der Waals surface area contributed by atoms with E-state index in [2.05, 4.69) is 6.92 Å². The summed E-state index contributed by atoms with van der Waals surface area (Å²) in [4.78, 5) is 1.19. The van der Waals surface area contributed by atoms with E-state index in [9.17, 15) is 4.39 Å². The van der Waals surface area contributed by atoms with Crippen LogP contribution in [0.15, 0.2) is 47.4 Å². The van der Waals surface area contributed by atoms with Crippen LogP contribution in [-0.2, 0) is 0 Å². The fourth-order valence-corrected chi connectivity index (χ4v) is 2.71. The smallest absolute Gasteiger partial charge is 0.170 e. The molecule has 2 N–H and O–H groups in total. The first-order chi connectivity index (χ1) is 9.67. The predicted molar refractivity (Wildman–Crippen MR) is 81.8 cm³/mol. The Morgan fingerprint density at radius 3 is 2.50 bits per heavy atom. The minimum atomic E-state index is -0.495. The van der Waals surface area contributed by atoms with Gasteiger partial charge in [0.1, 0.15) is 0 Å². The third-order valence-corrected chi connectivity index (χ3v) is 3.99. The fourth-order valence-electron chi connectivity index (χ4n) is 2.04. The molecule has 0 saturated carbocycles. The van der Waals surface area contributed by atoms with Gasteiger partial charge in [-0.3, -0.25) is 0 Å². The van der Waals surface area contributed by atoms with Crippen LogP contribution < -0.4 is 10.5 Å². The summed E-state index contributed by atoms with van der Waals surface area (Å²) in [6, 6.07) is 12.5. The van der Waals surface area contributed by atoms with Gasteiger partial charge in [0.25, 0.3) is 0 Å². The summed E-state index contributed by atoms with van der Waals surface area (Å²) in [6.07, 6.45) is 0. The molecule has 0 heterocycles. The maximum atomic E-state index is 14.2. The third-order valence-electron chi connectivity index (χ3n) is 3.10. The van der Waals surface area contributed by atoms with Crippen LogP contribution in [0.2, 0.25) is 0 Å². The average Bonchev–Trinajstić information content (AvgIpc) is 2.48. The molecule has 2 rings (SSSR count). The second kappa shape index (κ2) is 6.77. The van der Waals surface area contributed by atoms with Crippen LogP contribution in [-0.4, -0.2) is 12.9 Å². The molecule has 106 valence electrons. The molecule has 4 heteroatoms. The van der Waals surface area contributed by atoms with Crippen molar-refractivity contribution in [3.8, 4) is 5.75 Å². The Morgan fingerprint density at radius 2 is 1.90 bits per heavy atom. The summed E-state index contributed by atoms with van der Waals surface area (Å²) in [7, 11) is 1.45. The van der Waals surface area contributed by atoms with Gasteiger partial charge in [-0.25, -0.2) is 4.39 Å². The van der Waals surface area contributed by atoms with Crippen molar-refractivity contribution in [2.24, 2.45) is 5.73 Å². The maximum absolute atomic E-state index is 14.2. The molecule has 1 unspecified atom stereocenters. The number of hydrogen-bond donors (Lipinski definition) is 1. The highest BCUT2D eigenvalue weighted by molar-refractivity contribution is 7.99. The molecule has 20 heavy (non-hydrogen) atoms. The number of nitrogens with two attached hydrogens (primary N) is 1. The van der Waals surface area contributed by atoms with E-state index in [-0.39, 0.29) is 5.75 Å². The zero-order chi connectivity index (χ0) is 14.5. The second-order valence-electron chi connectivity index (χ2n) is 4.34. The molecule has 0 amide bonds. The molecule has 0 bridgehead atoms. The molecule has 0 radical (unpaired) electrons. The molecular weight excluding hydrogens is 273 g/mol. The van der Waals surface area contributed by atoms with Crippen molar-refractivity contribution < 1.29 is 9.13 Å². The summed E-state index contributed by atoms with van der Waals surface area (Å²) in [5.41, 5.74) is 7.49. The van der Waals surface area contributed by atoms with Gasteiger partial charge in [0.2, 0.25) is 0 Å².